The van der Waals surface area contributed by atoms with Gasteiger partial charge in [-0.15, -0.1) is 0 Å². The Kier molecular flexibility index (Phi) is 6.26. The Morgan fingerprint density at radius 2 is 1.81 bits per heavy atom. The second kappa shape index (κ2) is 8.15. The van der Waals surface area contributed by atoms with Crippen LogP contribution in [0.25, 0.3) is 0 Å². The lowest BCUT2D eigenvalue weighted by Gasteiger charge is -2.59. The topological polar surface area (TPSA) is 40.5 Å². The predicted molar refractivity (Wildman–Crippen MR) is 130 cm³/mol. The molecule has 0 aliphatic heterocycles. The zero-order valence-corrected chi connectivity index (χ0v) is 21.3. The van der Waals surface area contributed by atoms with Crippen LogP contribution in [-0.2, 0) is 0 Å². The van der Waals surface area contributed by atoms with E-state index in [0.29, 0.717) is 17.4 Å². The molecule has 3 fully saturated rings. The molecule has 8 atom stereocenters. The predicted octanol–water partition coefficient (Wildman–Crippen LogP) is 7.14. The van der Waals surface area contributed by atoms with E-state index in [2.05, 4.69) is 40.7 Å². The van der Waals surface area contributed by atoms with E-state index in [4.69, 9.17) is 0 Å². The Bertz CT molecular complexity index is 691. The summed E-state index contributed by atoms with van der Waals surface area (Å²) in [5.74, 6) is 4.27. The minimum Gasteiger partial charge on any atom is -0.396 e. The zero-order valence-electron chi connectivity index (χ0n) is 21.3. The van der Waals surface area contributed by atoms with Crippen molar-refractivity contribution in [2.45, 2.75) is 118 Å². The maximum Gasteiger partial charge on any atom is 0.0657 e. The summed E-state index contributed by atoms with van der Waals surface area (Å²) >= 11 is 0. The zero-order chi connectivity index (χ0) is 22.7. The van der Waals surface area contributed by atoms with E-state index in [0.717, 1.165) is 48.9 Å². The average molecular weight is 431 g/mol. The van der Waals surface area contributed by atoms with Crippen LogP contribution in [0, 0.1) is 45.8 Å². The molecule has 3 saturated carbocycles. The van der Waals surface area contributed by atoms with Crippen LogP contribution in [0.4, 0.5) is 0 Å². The van der Waals surface area contributed by atoms with Crippen molar-refractivity contribution in [1.82, 2.24) is 0 Å². The van der Waals surface area contributed by atoms with E-state index in [1.165, 1.54) is 51.4 Å². The Morgan fingerprint density at radius 1 is 1.06 bits per heavy atom. The second-order valence-electron chi connectivity index (χ2n) is 13.9. The number of rotatable bonds is 6. The molecule has 2 N–H and O–H groups in total. The molecule has 2 heteroatoms. The summed E-state index contributed by atoms with van der Waals surface area (Å²) < 4.78 is 0. The molecule has 0 amide bonds. The number of fused-ring (bicyclic) bond motifs is 5. The molecule has 31 heavy (non-hydrogen) atoms. The second-order valence-corrected chi connectivity index (χ2v) is 13.9. The summed E-state index contributed by atoms with van der Waals surface area (Å²) in [7, 11) is 0. The Balaban J connectivity index is 1.46. The van der Waals surface area contributed by atoms with Gasteiger partial charge in [-0.1, -0.05) is 59.1 Å². The molecule has 178 valence electrons. The fraction of sp³-hybridized carbons (Fsp3) is 0.931. The average Bonchev–Trinajstić information content (AvgIpc) is 3.05. The third kappa shape index (κ3) is 4.18. The molecular weight excluding hydrogens is 380 g/mol. The first kappa shape index (κ1) is 23.8. The fourth-order valence-corrected chi connectivity index (χ4v) is 8.96. The third-order valence-corrected chi connectivity index (χ3v) is 11.1. The van der Waals surface area contributed by atoms with Gasteiger partial charge in [0.15, 0.2) is 0 Å². The van der Waals surface area contributed by atoms with Gasteiger partial charge in [-0.25, -0.2) is 0 Å². The molecule has 0 radical (unpaired) electrons. The summed E-state index contributed by atoms with van der Waals surface area (Å²) in [6.07, 6.45) is 16.3. The van der Waals surface area contributed by atoms with Crippen molar-refractivity contribution in [2.75, 3.05) is 6.61 Å². The van der Waals surface area contributed by atoms with Crippen molar-refractivity contribution in [3.05, 3.63) is 11.6 Å². The lowest BCUT2D eigenvalue weighted by molar-refractivity contribution is -0.0706. The molecule has 2 nitrogen and oxygen atoms in total. The normalized spacial score (nSPS) is 46.0. The molecule has 0 aromatic heterocycles. The molecule has 0 aromatic carbocycles. The van der Waals surface area contributed by atoms with Crippen molar-refractivity contribution in [2.24, 2.45) is 45.8 Å². The Labute approximate surface area is 192 Å². The third-order valence-electron chi connectivity index (χ3n) is 11.1. The van der Waals surface area contributed by atoms with Crippen LogP contribution in [0.2, 0.25) is 0 Å². The van der Waals surface area contributed by atoms with Gasteiger partial charge in [-0.05, 0) is 111 Å². The molecule has 0 spiro atoms. The van der Waals surface area contributed by atoms with Crippen LogP contribution in [-0.4, -0.2) is 22.4 Å². The number of aliphatic hydroxyl groups is 2. The van der Waals surface area contributed by atoms with Gasteiger partial charge < -0.3 is 10.2 Å². The SMILES string of the molecule is C[C@H](CCCC(C)(C)CO)[C@H]1CC[C@H]2[C@@H]3CC=C4C[C@@](C)(O)CC[C@]4(C)[C@H]3CC[C@]12C. The van der Waals surface area contributed by atoms with Crippen LogP contribution >= 0.6 is 0 Å². The van der Waals surface area contributed by atoms with E-state index in [1.807, 2.05) is 6.92 Å². The maximum absolute atomic E-state index is 10.7. The molecular formula is C29H50O2. The van der Waals surface area contributed by atoms with Gasteiger partial charge in [0.2, 0.25) is 0 Å². The lowest BCUT2D eigenvalue weighted by atomic mass is 9.46. The summed E-state index contributed by atoms with van der Waals surface area (Å²) in [6.45, 7) is 14.5. The van der Waals surface area contributed by atoms with Crippen LogP contribution in [0.1, 0.15) is 112 Å². The summed E-state index contributed by atoms with van der Waals surface area (Å²) in [5.41, 5.74) is 2.04. The Hall–Kier alpha value is -0.340. The molecule has 4 aliphatic rings. The quantitative estimate of drug-likeness (QED) is 0.440. The van der Waals surface area contributed by atoms with Gasteiger partial charge in [0.05, 0.1) is 5.60 Å². The highest BCUT2D eigenvalue weighted by Crippen LogP contribution is 2.67. The smallest absolute Gasteiger partial charge is 0.0657 e. The number of hydrogen-bond donors (Lipinski definition) is 2. The molecule has 0 unspecified atom stereocenters. The van der Waals surface area contributed by atoms with Crippen molar-refractivity contribution >= 4 is 0 Å². The van der Waals surface area contributed by atoms with Crippen LogP contribution < -0.4 is 0 Å². The van der Waals surface area contributed by atoms with E-state index in [9.17, 15) is 10.2 Å². The van der Waals surface area contributed by atoms with Gasteiger partial charge in [0.25, 0.3) is 0 Å². The summed E-state index contributed by atoms with van der Waals surface area (Å²) in [4.78, 5) is 0. The van der Waals surface area contributed by atoms with Crippen molar-refractivity contribution in [3.63, 3.8) is 0 Å². The van der Waals surface area contributed by atoms with Gasteiger partial charge in [0, 0.05) is 6.61 Å². The van der Waals surface area contributed by atoms with Gasteiger partial charge in [-0.3, -0.25) is 0 Å². The van der Waals surface area contributed by atoms with Crippen LogP contribution in [0.15, 0.2) is 11.6 Å². The van der Waals surface area contributed by atoms with Gasteiger partial charge in [-0.2, -0.15) is 0 Å². The first-order chi connectivity index (χ1) is 14.4. The molecule has 0 bridgehead atoms. The van der Waals surface area contributed by atoms with Crippen molar-refractivity contribution < 1.29 is 10.2 Å². The maximum atomic E-state index is 10.7. The largest absolute Gasteiger partial charge is 0.396 e. The highest BCUT2D eigenvalue weighted by Gasteiger charge is 2.59. The molecule has 0 heterocycles. The van der Waals surface area contributed by atoms with Gasteiger partial charge >= 0.3 is 0 Å². The standard InChI is InChI=1S/C29H50O2/c1-20(8-7-14-26(2,3)19-30)23-11-12-24-22-10-9-21-18-27(4,31)16-17-28(21,5)25(22)13-15-29(23,24)6/h9,20,22-25,30-31H,7-8,10-19H2,1-6H3/t20-,22+,23-,24+,25+,27+,28+,29-/m1/s1. The highest BCUT2D eigenvalue weighted by atomic mass is 16.3. The first-order valence-corrected chi connectivity index (χ1v) is 13.4. The highest BCUT2D eigenvalue weighted by molar-refractivity contribution is 5.26. The number of allylic oxidation sites excluding steroid dienone is 1. The molecule has 0 aromatic rings. The summed E-state index contributed by atoms with van der Waals surface area (Å²) in [5, 5.41) is 20.3. The van der Waals surface area contributed by atoms with Crippen molar-refractivity contribution in [1.29, 1.82) is 0 Å². The summed E-state index contributed by atoms with van der Waals surface area (Å²) in [6, 6.07) is 0. The fourth-order valence-electron chi connectivity index (χ4n) is 8.96. The van der Waals surface area contributed by atoms with Crippen molar-refractivity contribution in [3.8, 4) is 0 Å². The van der Waals surface area contributed by atoms with E-state index < -0.39 is 5.60 Å². The number of aliphatic hydroxyl groups excluding tert-OH is 1. The molecule has 0 saturated heterocycles. The van der Waals surface area contributed by atoms with E-state index in [-0.39, 0.29) is 5.41 Å². The minimum absolute atomic E-state index is 0.0755. The van der Waals surface area contributed by atoms with Gasteiger partial charge in [0.1, 0.15) is 0 Å². The van der Waals surface area contributed by atoms with E-state index >= 15 is 0 Å². The van der Waals surface area contributed by atoms with E-state index in [1.54, 1.807) is 5.57 Å². The first-order valence-electron chi connectivity index (χ1n) is 13.4. The number of hydrogen-bond acceptors (Lipinski definition) is 2. The minimum atomic E-state index is -0.486. The van der Waals surface area contributed by atoms with Crippen LogP contribution in [0.5, 0.6) is 0 Å². The Morgan fingerprint density at radius 3 is 2.52 bits per heavy atom. The monoisotopic (exact) mass is 430 g/mol. The lowest BCUT2D eigenvalue weighted by Crippen LogP contribution is -2.52. The molecule has 4 rings (SSSR count). The van der Waals surface area contributed by atoms with Crippen LogP contribution in [0.3, 0.4) is 0 Å². The molecule has 4 aliphatic carbocycles.